The zero-order chi connectivity index (χ0) is 14.8. The monoisotopic (exact) mass is 299 g/mol. The Morgan fingerprint density at radius 1 is 1.40 bits per heavy atom. The molecule has 1 unspecified atom stereocenters. The first-order valence-electron chi connectivity index (χ1n) is 6.79. The Bertz CT molecular complexity index is 473. The summed E-state index contributed by atoms with van der Waals surface area (Å²) in [5, 5.41) is 32.2. The Hall–Kier alpha value is -0.950. The number of amides is 1. The van der Waals surface area contributed by atoms with Gasteiger partial charge >= 0.3 is 0 Å². The van der Waals surface area contributed by atoms with Crippen molar-refractivity contribution in [1.29, 1.82) is 0 Å². The topological polar surface area (TPSA) is 89.8 Å². The van der Waals surface area contributed by atoms with E-state index in [-0.39, 0.29) is 5.91 Å². The zero-order valence-corrected chi connectivity index (χ0v) is 12.4. The molecule has 0 aromatic carbocycles. The zero-order valence-electron chi connectivity index (χ0n) is 11.6. The minimum atomic E-state index is -1.37. The van der Waals surface area contributed by atoms with Crippen LogP contribution >= 0.6 is 11.3 Å². The molecule has 1 aromatic heterocycles. The molecule has 4 N–H and O–H groups in total. The van der Waals surface area contributed by atoms with Gasteiger partial charge in [-0.3, -0.25) is 4.79 Å². The molecule has 0 aliphatic heterocycles. The number of rotatable bonds is 5. The minimum absolute atomic E-state index is 0.339. The molecule has 1 aliphatic rings. The van der Waals surface area contributed by atoms with Gasteiger partial charge in [-0.2, -0.15) is 0 Å². The van der Waals surface area contributed by atoms with Crippen molar-refractivity contribution in [2.24, 2.45) is 5.92 Å². The second kappa shape index (κ2) is 6.22. The number of carbonyl (C=O) groups is 1. The third kappa shape index (κ3) is 2.88. The number of thiophene rings is 1. The summed E-state index contributed by atoms with van der Waals surface area (Å²) >= 11 is 1.58. The molecule has 0 spiro atoms. The molecule has 0 fully saturated rings. The van der Waals surface area contributed by atoms with E-state index in [1.54, 1.807) is 11.3 Å². The maximum atomic E-state index is 12.3. The van der Waals surface area contributed by atoms with Gasteiger partial charge in [0.15, 0.2) is 0 Å². The Morgan fingerprint density at radius 3 is 2.65 bits per heavy atom. The lowest BCUT2D eigenvalue weighted by molar-refractivity contribution is 0.0375. The van der Waals surface area contributed by atoms with E-state index in [1.807, 2.05) is 5.38 Å². The van der Waals surface area contributed by atoms with Gasteiger partial charge < -0.3 is 20.6 Å². The van der Waals surface area contributed by atoms with Gasteiger partial charge in [0.1, 0.15) is 5.54 Å². The Kier molecular flexibility index (Phi) is 4.80. The molecule has 1 aliphatic carbocycles. The first-order chi connectivity index (χ1) is 9.55. The van der Waals surface area contributed by atoms with Crippen molar-refractivity contribution in [3.05, 3.63) is 21.4 Å². The van der Waals surface area contributed by atoms with Crippen molar-refractivity contribution in [1.82, 2.24) is 5.32 Å². The molecule has 5 nitrogen and oxygen atoms in total. The first kappa shape index (κ1) is 15.4. The van der Waals surface area contributed by atoms with Crippen LogP contribution in [0.3, 0.4) is 0 Å². The molecule has 112 valence electrons. The van der Waals surface area contributed by atoms with Gasteiger partial charge in [0.2, 0.25) is 0 Å². The summed E-state index contributed by atoms with van der Waals surface area (Å²) in [4.78, 5) is 13.6. The smallest absolute Gasteiger partial charge is 0.253 e. The number of hydrogen-bond donors (Lipinski definition) is 4. The van der Waals surface area contributed by atoms with E-state index >= 15 is 0 Å². The molecule has 6 heteroatoms. The van der Waals surface area contributed by atoms with E-state index in [0.29, 0.717) is 11.5 Å². The lowest BCUT2D eigenvalue weighted by Gasteiger charge is -2.29. The van der Waals surface area contributed by atoms with Crippen LogP contribution in [0.2, 0.25) is 0 Å². The second-order valence-corrected chi connectivity index (χ2v) is 6.57. The largest absolute Gasteiger partial charge is 0.394 e. The molecule has 0 bridgehead atoms. The van der Waals surface area contributed by atoms with Crippen LogP contribution in [0.15, 0.2) is 5.38 Å². The Morgan fingerprint density at radius 2 is 2.05 bits per heavy atom. The van der Waals surface area contributed by atoms with Crippen molar-refractivity contribution < 1.29 is 20.1 Å². The fraction of sp³-hybridized carbons (Fsp3) is 0.643. The fourth-order valence-corrected chi connectivity index (χ4v) is 3.69. The van der Waals surface area contributed by atoms with Gasteiger partial charge in [0.05, 0.1) is 25.4 Å². The van der Waals surface area contributed by atoms with E-state index in [0.717, 1.165) is 24.8 Å². The summed E-state index contributed by atoms with van der Waals surface area (Å²) in [6.45, 7) is 0.690. The normalized spacial score (nSPS) is 18.7. The molecular formula is C14H21NO4S. The van der Waals surface area contributed by atoms with Gasteiger partial charge in [-0.05, 0) is 30.7 Å². The molecule has 0 saturated carbocycles. The van der Waals surface area contributed by atoms with Crippen LogP contribution in [0.25, 0.3) is 0 Å². The third-order valence-corrected chi connectivity index (χ3v) is 4.98. The molecule has 2 rings (SSSR count). The molecule has 20 heavy (non-hydrogen) atoms. The van der Waals surface area contributed by atoms with Crippen molar-refractivity contribution in [3.63, 3.8) is 0 Å². The molecule has 1 atom stereocenters. The lowest BCUT2D eigenvalue weighted by Crippen LogP contribution is -2.57. The maximum absolute atomic E-state index is 12.3. The average Bonchev–Trinajstić information content (AvgIpc) is 2.87. The van der Waals surface area contributed by atoms with Gasteiger partial charge in [0, 0.05) is 10.3 Å². The number of hydrogen-bond acceptors (Lipinski definition) is 5. The number of nitrogens with one attached hydrogen (secondary N) is 1. The van der Waals surface area contributed by atoms with Crippen molar-refractivity contribution in [3.8, 4) is 0 Å². The van der Waals surface area contributed by atoms with E-state index in [1.165, 1.54) is 4.88 Å². The van der Waals surface area contributed by atoms with E-state index in [4.69, 9.17) is 0 Å². The molecule has 1 aromatic rings. The number of fused-ring (bicyclic) bond motifs is 1. The van der Waals surface area contributed by atoms with Crippen molar-refractivity contribution >= 4 is 17.2 Å². The van der Waals surface area contributed by atoms with Crippen LogP contribution in [0.5, 0.6) is 0 Å². The standard InChI is InChI=1S/C14H21NO4S/c1-9-2-3-10-11(5-20-12(10)4-9)13(19)15-14(6-16,7-17)8-18/h5,9,16-18H,2-4,6-8H2,1H3,(H,15,19). The maximum Gasteiger partial charge on any atom is 0.253 e. The van der Waals surface area contributed by atoms with Crippen LogP contribution in [0, 0.1) is 5.92 Å². The van der Waals surface area contributed by atoms with Gasteiger partial charge in [0.25, 0.3) is 5.91 Å². The van der Waals surface area contributed by atoms with Crippen LogP contribution < -0.4 is 5.32 Å². The number of aliphatic hydroxyl groups excluding tert-OH is 3. The summed E-state index contributed by atoms with van der Waals surface area (Å²) in [5.74, 6) is 0.303. The minimum Gasteiger partial charge on any atom is -0.394 e. The predicted octanol–water partition coefficient (Wildman–Crippen LogP) is 0.318. The Labute approximate surface area is 122 Å². The summed E-state index contributed by atoms with van der Waals surface area (Å²) < 4.78 is 0. The Balaban J connectivity index is 2.18. The summed E-state index contributed by atoms with van der Waals surface area (Å²) in [7, 11) is 0. The molecule has 0 radical (unpaired) electrons. The van der Waals surface area contributed by atoms with Gasteiger partial charge in [-0.15, -0.1) is 11.3 Å². The van der Waals surface area contributed by atoms with Crippen LogP contribution in [-0.2, 0) is 12.8 Å². The van der Waals surface area contributed by atoms with Gasteiger partial charge in [-0.25, -0.2) is 0 Å². The number of aliphatic hydroxyl groups is 3. The van der Waals surface area contributed by atoms with Crippen molar-refractivity contribution in [2.75, 3.05) is 19.8 Å². The molecule has 1 heterocycles. The van der Waals surface area contributed by atoms with Crippen LogP contribution in [0.4, 0.5) is 0 Å². The van der Waals surface area contributed by atoms with E-state index in [9.17, 15) is 20.1 Å². The lowest BCUT2D eigenvalue weighted by atomic mass is 9.88. The first-order valence-corrected chi connectivity index (χ1v) is 7.67. The van der Waals surface area contributed by atoms with Gasteiger partial charge in [-0.1, -0.05) is 6.92 Å². The summed E-state index contributed by atoms with van der Waals surface area (Å²) in [6, 6.07) is 0. The predicted molar refractivity (Wildman–Crippen MR) is 77.0 cm³/mol. The molecule has 1 amide bonds. The highest BCUT2D eigenvalue weighted by Crippen LogP contribution is 2.32. The second-order valence-electron chi connectivity index (χ2n) is 5.61. The van der Waals surface area contributed by atoms with E-state index < -0.39 is 25.4 Å². The highest BCUT2D eigenvalue weighted by Gasteiger charge is 2.32. The quantitative estimate of drug-likeness (QED) is 0.630. The van der Waals surface area contributed by atoms with Crippen molar-refractivity contribution in [2.45, 2.75) is 31.7 Å². The SMILES string of the molecule is CC1CCc2c(C(=O)NC(CO)(CO)CO)csc2C1. The van der Waals surface area contributed by atoms with Crippen LogP contribution in [0.1, 0.15) is 34.1 Å². The molecular weight excluding hydrogens is 278 g/mol. The van der Waals surface area contributed by atoms with E-state index in [2.05, 4.69) is 12.2 Å². The highest BCUT2D eigenvalue weighted by molar-refractivity contribution is 7.10. The van der Waals surface area contributed by atoms with Crippen LogP contribution in [-0.4, -0.2) is 46.6 Å². The summed E-state index contributed by atoms with van der Waals surface area (Å²) in [6.07, 6.45) is 2.95. The number of carbonyl (C=O) groups excluding carboxylic acids is 1. The highest BCUT2D eigenvalue weighted by atomic mass is 32.1. The average molecular weight is 299 g/mol. The third-order valence-electron chi connectivity index (χ3n) is 3.93. The summed E-state index contributed by atoms with van der Waals surface area (Å²) in [5.41, 5.74) is 0.318. The molecule has 0 saturated heterocycles. The fourth-order valence-electron chi connectivity index (χ4n) is 2.44.